The van der Waals surface area contributed by atoms with E-state index in [4.69, 9.17) is 4.74 Å². The molecule has 5 nitrogen and oxygen atoms in total. The van der Waals surface area contributed by atoms with Crippen LogP contribution < -0.4 is 10.6 Å². The molecule has 1 fully saturated rings. The van der Waals surface area contributed by atoms with E-state index >= 15 is 0 Å². The molecule has 2 N–H and O–H groups in total. The van der Waals surface area contributed by atoms with Gasteiger partial charge in [0, 0.05) is 19.2 Å². The van der Waals surface area contributed by atoms with Crippen LogP contribution in [-0.4, -0.2) is 35.8 Å². The number of hydrogen-bond donors (Lipinski definition) is 2. The number of halogens is 3. The van der Waals surface area contributed by atoms with Gasteiger partial charge in [0.1, 0.15) is 11.6 Å². The molecule has 1 aromatic heterocycles. The van der Waals surface area contributed by atoms with E-state index in [0.29, 0.717) is 19.8 Å². The van der Waals surface area contributed by atoms with Crippen LogP contribution >= 0.6 is 0 Å². The lowest BCUT2D eigenvalue weighted by Gasteiger charge is -2.24. The molecular weight excluding hydrogens is 273 g/mol. The summed E-state index contributed by atoms with van der Waals surface area (Å²) >= 11 is 0. The van der Waals surface area contributed by atoms with Gasteiger partial charge in [0.15, 0.2) is 0 Å². The third-order valence-corrected chi connectivity index (χ3v) is 2.85. The number of alkyl halides is 3. The van der Waals surface area contributed by atoms with Gasteiger partial charge in [-0.25, -0.2) is 9.97 Å². The maximum atomic E-state index is 12.8. The van der Waals surface area contributed by atoms with Crippen LogP contribution in [0, 0.1) is 0 Å². The molecule has 112 valence electrons. The Bertz CT molecular complexity index is 447. The van der Waals surface area contributed by atoms with E-state index in [9.17, 15) is 13.2 Å². The van der Waals surface area contributed by atoms with Gasteiger partial charge in [0.25, 0.3) is 0 Å². The van der Waals surface area contributed by atoms with Crippen LogP contribution in [0.5, 0.6) is 0 Å². The Morgan fingerprint density at radius 2 is 2.10 bits per heavy atom. The smallest absolute Gasteiger partial charge is 0.379 e. The van der Waals surface area contributed by atoms with Crippen molar-refractivity contribution in [2.75, 3.05) is 30.4 Å². The molecule has 1 atom stereocenters. The van der Waals surface area contributed by atoms with Gasteiger partial charge in [-0.2, -0.15) is 13.2 Å². The van der Waals surface area contributed by atoms with Crippen LogP contribution in [0.15, 0.2) is 6.07 Å². The van der Waals surface area contributed by atoms with Crippen LogP contribution in [0.3, 0.4) is 0 Å². The van der Waals surface area contributed by atoms with Gasteiger partial charge in [-0.05, 0) is 19.8 Å². The minimum Gasteiger partial charge on any atom is -0.379 e. The zero-order valence-corrected chi connectivity index (χ0v) is 11.1. The van der Waals surface area contributed by atoms with Crippen molar-refractivity contribution < 1.29 is 17.9 Å². The molecule has 1 saturated heterocycles. The fourth-order valence-corrected chi connectivity index (χ4v) is 1.98. The third-order valence-electron chi connectivity index (χ3n) is 2.85. The quantitative estimate of drug-likeness (QED) is 0.892. The zero-order valence-electron chi connectivity index (χ0n) is 11.1. The van der Waals surface area contributed by atoms with Crippen molar-refractivity contribution in [1.29, 1.82) is 0 Å². The molecule has 0 radical (unpaired) electrons. The van der Waals surface area contributed by atoms with Crippen molar-refractivity contribution in [3.63, 3.8) is 0 Å². The molecule has 2 heterocycles. The number of nitrogens with zero attached hydrogens (tertiary/aromatic N) is 2. The van der Waals surface area contributed by atoms with Crippen LogP contribution in [0.4, 0.5) is 24.8 Å². The molecular formula is C12H17F3N4O. The monoisotopic (exact) mass is 290 g/mol. The molecule has 0 aromatic carbocycles. The lowest BCUT2D eigenvalue weighted by Crippen LogP contribution is -2.30. The second kappa shape index (κ2) is 6.25. The maximum Gasteiger partial charge on any atom is 0.451 e. The van der Waals surface area contributed by atoms with E-state index in [1.807, 2.05) is 0 Å². The van der Waals surface area contributed by atoms with Gasteiger partial charge in [-0.15, -0.1) is 0 Å². The van der Waals surface area contributed by atoms with Gasteiger partial charge in [0.2, 0.25) is 5.82 Å². The molecule has 2 rings (SSSR count). The number of nitrogens with one attached hydrogen (secondary N) is 2. The van der Waals surface area contributed by atoms with Crippen LogP contribution in [-0.2, 0) is 10.9 Å². The normalized spacial score (nSPS) is 19.7. The van der Waals surface area contributed by atoms with Crippen molar-refractivity contribution in [2.45, 2.75) is 32.0 Å². The summed E-state index contributed by atoms with van der Waals surface area (Å²) in [6, 6.07) is 1.46. The molecule has 1 aromatic rings. The number of ether oxygens (including phenoxy) is 1. The van der Waals surface area contributed by atoms with Crippen molar-refractivity contribution in [3.8, 4) is 0 Å². The van der Waals surface area contributed by atoms with Gasteiger partial charge < -0.3 is 15.4 Å². The highest BCUT2D eigenvalue weighted by atomic mass is 19.4. The maximum absolute atomic E-state index is 12.8. The Labute approximate surface area is 114 Å². The molecule has 20 heavy (non-hydrogen) atoms. The summed E-state index contributed by atoms with van der Waals surface area (Å²) in [5.41, 5.74) is 0. The standard InChI is InChI=1S/C12H17F3N4O/c1-2-16-9-6-10(17-8-4-3-5-20-7-8)19-11(18-9)12(13,14)15/h6,8H,2-5,7H2,1H3,(H2,16,17,18,19). The Kier molecular flexibility index (Phi) is 4.64. The molecule has 0 bridgehead atoms. The van der Waals surface area contributed by atoms with Gasteiger partial charge >= 0.3 is 6.18 Å². The first-order valence-electron chi connectivity index (χ1n) is 6.53. The Morgan fingerprint density at radius 3 is 2.70 bits per heavy atom. The highest BCUT2D eigenvalue weighted by molar-refractivity contribution is 5.48. The van der Waals surface area contributed by atoms with E-state index in [1.54, 1.807) is 6.92 Å². The minimum atomic E-state index is -4.56. The molecule has 0 amide bonds. The second-order valence-electron chi connectivity index (χ2n) is 4.55. The lowest BCUT2D eigenvalue weighted by atomic mass is 10.1. The fraction of sp³-hybridized carbons (Fsp3) is 0.667. The van der Waals surface area contributed by atoms with Crippen LogP contribution in [0.2, 0.25) is 0 Å². The highest BCUT2D eigenvalue weighted by Crippen LogP contribution is 2.28. The lowest BCUT2D eigenvalue weighted by molar-refractivity contribution is -0.144. The van der Waals surface area contributed by atoms with Crippen molar-refractivity contribution in [1.82, 2.24) is 9.97 Å². The first-order valence-corrected chi connectivity index (χ1v) is 6.53. The number of hydrogen-bond acceptors (Lipinski definition) is 5. The third kappa shape index (κ3) is 3.96. The summed E-state index contributed by atoms with van der Waals surface area (Å²) in [5.74, 6) is -0.817. The Balaban J connectivity index is 2.19. The molecule has 8 heteroatoms. The topological polar surface area (TPSA) is 59.1 Å². The van der Waals surface area contributed by atoms with Crippen LogP contribution in [0.1, 0.15) is 25.6 Å². The fourth-order valence-electron chi connectivity index (χ4n) is 1.98. The molecule has 0 spiro atoms. The predicted octanol–water partition coefficient (Wildman–Crippen LogP) is 2.52. The van der Waals surface area contributed by atoms with E-state index in [1.165, 1.54) is 6.07 Å². The first kappa shape index (κ1) is 14.8. The SMILES string of the molecule is CCNc1cc(NC2CCCOC2)nc(C(F)(F)F)n1. The zero-order chi connectivity index (χ0) is 14.6. The Hall–Kier alpha value is -1.57. The largest absolute Gasteiger partial charge is 0.451 e. The molecule has 0 aliphatic carbocycles. The second-order valence-corrected chi connectivity index (χ2v) is 4.55. The highest BCUT2D eigenvalue weighted by Gasteiger charge is 2.35. The number of rotatable bonds is 4. The van der Waals surface area contributed by atoms with Gasteiger partial charge in [0.05, 0.1) is 12.6 Å². The minimum absolute atomic E-state index is 0.0192. The summed E-state index contributed by atoms with van der Waals surface area (Å²) in [6.45, 7) is 3.44. The summed E-state index contributed by atoms with van der Waals surface area (Å²) in [4.78, 5) is 7.01. The molecule has 1 aliphatic rings. The van der Waals surface area contributed by atoms with Crippen molar-refractivity contribution in [2.24, 2.45) is 0 Å². The summed E-state index contributed by atoms with van der Waals surface area (Å²) in [6.07, 6.45) is -2.83. The Morgan fingerprint density at radius 1 is 1.35 bits per heavy atom. The van der Waals surface area contributed by atoms with Crippen molar-refractivity contribution >= 4 is 11.6 Å². The summed E-state index contributed by atoms with van der Waals surface area (Å²) < 4.78 is 43.6. The predicted molar refractivity (Wildman–Crippen MR) is 68.7 cm³/mol. The molecule has 1 aliphatic heterocycles. The van der Waals surface area contributed by atoms with Gasteiger partial charge in [-0.1, -0.05) is 0 Å². The van der Waals surface area contributed by atoms with E-state index in [0.717, 1.165) is 12.8 Å². The molecule has 0 saturated carbocycles. The van der Waals surface area contributed by atoms with Crippen LogP contribution in [0.25, 0.3) is 0 Å². The average molecular weight is 290 g/mol. The van der Waals surface area contributed by atoms with E-state index in [-0.39, 0.29) is 17.7 Å². The number of aromatic nitrogens is 2. The number of anilines is 2. The average Bonchev–Trinajstić information content (AvgIpc) is 2.39. The summed E-state index contributed by atoms with van der Waals surface area (Å²) in [5, 5.41) is 5.75. The summed E-state index contributed by atoms with van der Waals surface area (Å²) in [7, 11) is 0. The first-order chi connectivity index (χ1) is 9.49. The molecule has 1 unspecified atom stereocenters. The van der Waals surface area contributed by atoms with Crippen molar-refractivity contribution in [3.05, 3.63) is 11.9 Å². The van der Waals surface area contributed by atoms with E-state index in [2.05, 4.69) is 20.6 Å². The van der Waals surface area contributed by atoms with Gasteiger partial charge in [-0.3, -0.25) is 0 Å². The van der Waals surface area contributed by atoms with E-state index < -0.39 is 12.0 Å².